The summed E-state index contributed by atoms with van der Waals surface area (Å²) in [5.41, 5.74) is 19.3. The number of furan rings is 1. The Morgan fingerprint density at radius 2 is 0.762 bits per heavy atom. The van der Waals surface area contributed by atoms with Crippen LogP contribution in [0, 0.1) is 0 Å². The average molecular weight is 804 g/mol. The number of hydrogen-bond donors (Lipinski definition) is 0. The Morgan fingerprint density at radius 3 is 1.41 bits per heavy atom. The zero-order valence-electron chi connectivity index (χ0n) is 34.5. The van der Waals surface area contributed by atoms with Crippen molar-refractivity contribution in [3.63, 3.8) is 0 Å². The fraction of sp³-hybridized carbons (Fsp3) is 0.0164. The van der Waals surface area contributed by atoms with E-state index in [9.17, 15) is 0 Å². The largest absolute Gasteiger partial charge is 0.455 e. The Bertz CT molecular complexity index is 3370. The van der Waals surface area contributed by atoms with Crippen molar-refractivity contribution in [2.45, 2.75) is 5.41 Å². The van der Waals surface area contributed by atoms with Crippen molar-refractivity contribution in [3.05, 3.63) is 271 Å². The van der Waals surface area contributed by atoms with Gasteiger partial charge in [-0.1, -0.05) is 200 Å². The van der Waals surface area contributed by atoms with E-state index in [0.717, 1.165) is 50.1 Å². The summed E-state index contributed by atoms with van der Waals surface area (Å²) in [5, 5.41) is 2.27. The summed E-state index contributed by atoms with van der Waals surface area (Å²) in [4.78, 5) is 2.34. The lowest BCUT2D eigenvalue weighted by molar-refractivity contribution is 0.670. The number of hydrogen-bond acceptors (Lipinski definition) is 2. The molecular weight excluding hydrogens is 763 g/mol. The van der Waals surface area contributed by atoms with Gasteiger partial charge in [0.05, 0.1) is 5.41 Å². The smallest absolute Gasteiger partial charge is 0.143 e. The quantitative estimate of drug-likeness (QED) is 0.152. The molecule has 0 amide bonds. The molecule has 296 valence electrons. The maximum absolute atomic E-state index is 6.43. The first kappa shape index (κ1) is 36.6. The molecule has 12 rings (SSSR count). The molecule has 2 heteroatoms. The lowest BCUT2D eigenvalue weighted by Crippen LogP contribution is -2.28. The van der Waals surface area contributed by atoms with Crippen LogP contribution in [-0.2, 0) is 5.41 Å². The minimum absolute atomic E-state index is 0.415. The third-order valence-electron chi connectivity index (χ3n) is 13.0. The first-order valence-corrected chi connectivity index (χ1v) is 21.7. The van der Waals surface area contributed by atoms with Crippen molar-refractivity contribution in [1.29, 1.82) is 0 Å². The molecule has 1 heterocycles. The minimum atomic E-state index is -0.415. The summed E-state index contributed by atoms with van der Waals surface area (Å²) < 4.78 is 6.43. The fourth-order valence-electron chi connectivity index (χ4n) is 10.1. The van der Waals surface area contributed by atoms with Gasteiger partial charge in [-0.2, -0.15) is 0 Å². The van der Waals surface area contributed by atoms with E-state index in [4.69, 9.17) is 4.42 Å². The summed E-state index contributed by atoms with van der Waals surface area (Å²) in [5.74, 6) is 0. The molecule has 0 fully saturated rings. The molecule has 2 nitrogen and oxygen atoms in total. The van der Waals surface area contributed by atoms with Crippen LogP contribution < -0.4 is 4.90 Å². The summed E-state index contributed by atoms with van der Waals surface area (Å²) in [6.45, 7) is 0. The topological polar surface area (TPSA) is 16.4 Å². The van der Waals surface area contributed by atoms with Crippen molar-refractivity contribution < 1.29 is 4.42 Å². The van der Waals surface area contributed by atoms with E-state index in [-0.39, 0.29) is 0 Å². The van der Waals surface area contributed by atoms with Gasteiger partial charge in [0.25, 0.3) is 0 Å². The van der Waals surface area contributed by atoms with Crippen LogP contribution in [0.2, 0.25) is 0 Å². The van der Waals surface area contributed by atoms with Crippen LogP contribution in [0.1, 0.15) is 22.3 Å². The molecule has 0 N–H and O–H groups in total. The minimum Gasteiger partial charge on any atom is -0.455 e. The van der Waals surface area contributed by atoms with E-state index < -0.39 is 5.41 Å². The van der Waals surface area contributed by atoms with Gasteiger partial charge in [-0.05, 0) is 110 Å². The Hall–Kier alpha value is -8.20. The predicted octanol–water partition coefficient (Wildman–Crippen LogP) is 16.4. The Kier molecular flexibility index (Phi) is 8.76. The SMILES string of the molecule is c1ccc(-c2ccc(N(c3ccc(-c4ccc5c(c4)-c4ccccc4C5(c4ccccc4)c4ccccc4)cc3)c3ccc(-c4cccc5c4oc4ccccc45)cc3)cc2)cc1. The number of anilines is 3. The molecule has 0 spiro atoms. The van der Waals surface area contributed by atoms with Gasteiger partial charge in [-0.25, -0.2) is 0 Å². The lowest BCUT2D eigenvalue weighted by atomic mass is 9.67. The second-order valence-corrected chi connectivity index (χ2v) is 16.4. The molecule has 0 unspecified atom stereocenters. The van der Waals surface area contributed by atoms with E-state index in [1.807, 2.05) is 12.1 Å². The third kappa shape index (κ3) is 6.02. The van der Waals surface area contributed by atoms with Gasteiger partial charge in [-0.15, -0.1) is 0 Å². The van der Waals surface area contributed by atoms with Gasteiger partial charge in [0.2, 0.25) is 0 Å². The molecule has 0 aliphatic heterocycles. The lowest BCUT2D eigenvalue weighted by Gasteiger charge is -2.33. The van der Waals surface area contributed by atoms with Crippen LogP contribution in [0.4, 0.5) is 17.1 Å². The van der Waals surface area contributed by atoms with E-state index in [1.54, 1.807) is 0 Å². The molecule has 0 saturated heterocycles. The first-order chi connectivity index (χ1) is 31.2. The predicted molar refractivity (Wildman–Crippen MR) is 262 cm³/mol. The van der Waals surface area contributed by atoms with Crippen molar-refractivity contribution in [3.8, 4) is 44.5 Å². The van der Waals surface area contributed by atoms with Gasteiger partial charge >= 0.3 is 0 Å². The molecule has 1 aliphatic rings. The summed E-state index contributed by atoms with van der Waals surface area (Å²) in [7, 11) is 0. The fourth-order valence-corrected chi connectivity index (χ4v) is 10.1. The van der Waals surface area contributed by atoms with Crippen LogP contribution >= 0.6 is 0 Å². The maximum atomic E-state index is 6.43. The highest BCUT2D eigenvalue weighted by molar-refractivity contribution is 6.09. The molecule has 0 bridgehead atoms. The summed E-state index contributed by atoms with van der Waals surface area (Å²) in [6.07, 6.45) is 0. The molecule has 63 heavy (non-hydrogen) atoms. The van der Waals surface area contributed by atoms with Gasteiger partial charge in [0.1, 0.15) is 11.2 Å². The number of benzene rings is 10. The Morgan fingerprint density at radius 1 is 0.302 bits per heavy atom. The molecule has 0 saturated carbocycles. The van der Waals surface area contributed by atoms with Gasteiger partial charge < -0.3 is 9.32 Å². The van der Waals surface area contributed by atoms with Crippen molar-refractivity contribution in [1.82, 2.24) is 0 Å². The molecule has 1 aromatic heterocycles. The molecule has 1 aliphatic carbocycles. The highest BCUT2D eigenvalue weighted by atomic mass is 16.3. The van der Waals surface area contributed by atoms with E-state index in [2.05, 4.69) is 241 Å². The highest BCUT2D eigenvalue weighted by Gasteiger charge is 2.45. The van der Waals surface area contributed by atoms with Crippen molar-refractivity contribution >= 4 is 39.0 Å². The highest BCUT2D eigenvalue weighted by Crippen LogP contribution is 2.56. The zero-order valence-corrected chi connectivity index (χ0v) is 34.5. The van der Waals surface area contributed by atoms with Crippen molar-refractivity contribution in [2.24, 2.45) is 0 Å². The van der Waals surface area contributed by atoms with E-state index in [1.165, 1.54) is 55.6 Å². The monoisotopic (exact) mass is 803 g/mol. The second-order valence-electron chi connectivity index (χ2n) is 16.4. The number of nitrogens with zero attached hydrogens (tertiary/aromatic N) is 1. The van der Waals surface area contributed by atoms with Crippen molar-refractivity contribution in [2.75, 3.05) is 4.90 Å². The normalized spacial score (nSPS) is 12.6. The standard InChI is InChI=1S/C61H41NO/c1-4-15-42(16-5-1)43-27-34-49(35-28-43)62(51-38-31-45(32-39-51)52-23-14-24-55-54-22-11-13-26-59(54)63-60(52)55)50-36-29-44(30-37-50)46-33-40-58-56(41-46)53-21-10-12-25-57(53)61(58,47-17-6-2-7-18-47)48-19-8-3-9-20-48/h1-41H. The summed E-state index contributed by atoms with van der Waals surface area (Å²) >= 11 is 0. The van der Waals surface area contributed by atoms with E-state index >= 15 is 0 Å². The van der Waals surface area contributed by atoms with E-state index in [0.29, 0.717) is 0 Å². The second kappa shape index (κ2) is 15.1. The third-order valence-corrected chi connectivity index (χ3v) is 13.0. The van der Waals surface area contributed by atoms with Gasteiger partial charge in [-0.3, -0.25) is 0 Å². The molecule has 10 aromatic carbocycles. The van der Waals surface area contributed by atoms with Gasteiger partial charge in [0, 0.05) is 33.4 Å². The van der Waals surface area contributed by atoms with Crippen LogP contribution in [0.15, 0.2) is 253 Å². The summed E-state index contributed by atoms with van der Waals surface area (Å²) in [6, 6.07) is 90.1. The van der Waals surface area contributed by atoms with Crippen LogP contribution in [0.3, 0.4) is 0 Å². The van der Waals surface area contributed by atoms with Crippen LogP contribution in [0.5, 0.6) is 0 Å². The number of rotatable bonds is 8. The number of fused-ring (bicyclic) bond motifs is 6. The van der Waals surface area contributed by atoms with Crippen LogP contribution in [0.25, 0.3) is 66.4 Å². The first-order valence-electron chi connectivity index (χ1n) is 21.7. The zero-order chi connectivity index (χ0) is 41.7. The molecule has 0 atom stereocenters. The average Bonchev–Trinajstić information content (AvgIpc) is 3.90. The van der Waals surface area contributed by atoms with Gasteiger partial charge in [0.15, 0.2) is 0 Å². The number of para-hydroxylation sites is 2. The molecule has 0 radical (unpaired) electrons. The Balaban J connectivity index is 0.939. The molecular formula is C61H41NO. The molecule has 11 aromatic rings. The Labute approximate surface area is 367 Å². The van der Waals surface area contributed by atoms with Crippen LogP contribution in [-0.4, -0.2) is 0 Å². The maximum Gasteiger partial charge on any atom is 0.143 e.